The molecule has 0 aromatic rings. The Labute approximate surface area is 74.1 Å². The summed E-state index contributed by atoms with van der Waals surface area (Å²) in [6, 6.07) is 0. The maximum Gasteiger partial charge on any atom is 0.471 e. The first-order valence-corrected chi connectivity index (χ1v) is 3.83. The highest BCUT2D eigenvalue weighted by molar-refractivity contribution is 5.81. The molecule has 0 heterocycles. The van der Waals surface area contributed by atoms with E-state index in [0.717, 1.165) is 0 Å². The van der Waals surface area contributed by atoms with E-state index < -0.39 is 18.2 Å². The van der Waals surface area contributed by atoms with Crippen molar-refractivity contribution in [1.29, 1.82) is 0 Å². The lowest BCUT2D eigenvalue weighted by molar-refractivity contribution is -0.186. The van der Waals surface area contributed by atoms with Crippen molar-refractivity contribution in [2.75, 3.05) is 13.1 Å². The van der Waals surface area contributed by atoms with Crippen LogP contribution in [-0.4, -0.2) is 41.3 Å². The SMILES string of the molecule is CCN(C[C@H](C)O)C(=O)C(F)(F)F. The maximum atomic E-state index is 11.9. The van der Waals surface area contributed by atoms with Crippen molar-refractivity contribution in [3.05, 3.63) is 0 Å². The zero-order valence-electron chi connectivity index (χ0n) is 7.43. The summed E-state index contributed by atoms with van der Waals surface area (Å²) in [7, 11) is 0. The van der Waals surface area contributed by atoms with Gasteiger partial charge >= 0.3 is 12.1 Å². The van der Waals surface area contributed by atoms with Gasteiger partial charge in [-0.3, -0.25) is 4.79 Å². The zero-order valence-corrected chi connectivity index (χ0v) is 7.43. The molecule has 6 heteroatoms. The molecule has 0 aliphatic rings. The molecule has 0 saturated carbocycles. The molecule has 0 aliphatic heterocycles. The molecule has 1 atom stereocenters. The molecule has 0 radical (unpaired) electrons. The lowest BCUT2D eigenvalue weighted by atomic mass is 10.3. The molecule has 0 aliphatic carbocycles. The lowest BCUT2D eigenvalue weighted by Crippen LogP contribution is -2.44. The number of likely N-dealkylation sites (N-methyl/N-ethyl adjacent to an activating group) is 1. The van der Waals surface area contributed by atoms with Gasteiger partial charge in [-0.25, -0.2) is 0 Å². The number of rotatable bonds is 3. The van der Waals surface area contributed by atoms with E-state index >= 15 is 0 Å². The van der Waals surface area contributed by atoms with Gasteiger partial charge in [0.15, 0.2) is 0 Å². The van der Waals surface area contributed by atoms with Gasteiger partial charge in [0.05, 0.1) is 6.10 Å². The fraction of sp³-hybridized carbons (Fsp3) is 0.857. The highest BCUT2D eigenvalue weighted by Gasteiger charge is 2.42. The number of halogens is 3. The first kappa shape index (κ1) is 12.2. The summed E-state index contributed by atoms with van der Waals surface area (Å²) in [5.74, 6) is -1.91. The topological polar surface area (TPSA) is 40.5 Å². The van der Waals surface area contributed by atoms with Crippen LogP contribution in [0.2, 0.25) is 0 Å². The van der Waals surface area contributed by atoms with Gasteiger partial charge in [0.1, 0.15) is 0 Å². The van der Waals surface area contributed by atoms with Crippen LogP contribution in [0.4, 0.5) is 13.2 Å². The number of nitrogens with zero attached hydrogens (tertiary/aromatic N) is 1. The van der Waals surface area contributed by atoms with Crippen molar-refractivity contribution in [2.45, 2.75) is 26.1 Å². The third-order valence-corrected chi connectivity index (χ3v) is 1.40. The minimum Gasteiger partial charge on any atom is -0.392 e. The van der Waals surface area contributed by atoms with Gasteiger partial charge in [-0.05, 0) is 13.8 Å². The maximum absolute atomic E-state index is 11.9. The van der Waals surface area contributed by atoms with E-state index in [9.17, 15) is 18.0 Å². The fourth-order valence-corrected chi connectivity index (χ4v) is 0.854. The average Bonchev–Trinajstić information content (AvgIpc) is 1.96. The summed E-state index contributed by atoms with van der Waals surface area (Å²) in [6.07, 6.45) is -5.81. The minimum absolute atomic E-state index is 0.0662. The van der Waals surface area contributed by atoms with E-state index in [1.54, 1.807) is 0 Å². The molecule has 0 aromatic heterocycles. The molecular weight excluding hydrogens is 187 g/mol. The molecule has 78 valence electrons. The quantitative estimate of drug-likeness (QED) is 0.729. The number of aliphatic hydroxyl groups is 1. The summed E-state index contributed by atoms with van der Waals surface area (Å²) in [5, 5.41) is 8.81. The largest absolute Gasteiger partial charge is 0.471 e. The molecule has 0 aromatic carbocycles. The van der Waals surface area contributed by atoms with E-state index in [-0.39, 0.29) is 13.1 Å². The van der Waals surface area contributed by atoms with Crippen LogP contribution in [-0.2, 0) is 4.79 Å². The number of hydrogen-bond acceptors (Lipinski definition) is 2. The monoisotopic (exact) mass is 199 g/mol. The van der Waals surface area contributed by atoms with E-state index in [1.807, 2.05) is 0 Å². The highest BCUT2D eigenvalue weighted by Crippen LogP contribution is 2.18. The van der Waals surface area contributed by atoms with Crippen LogP contribution in [0.25, 0.3) is 0 Å². The number of amides is 1. The van der Waals surface area contributed by atoms with Gasteiger partial charge in [-0.1, -0.05) is 0 Å². The molecule has 0 rings (SSSR count). The molecule has 1 amide bonds. The Hall–Kier alpha value is -0.780. The molecule has 13 heavy (non-hydrogen) atoms. The second-order valence-corrected chi connectivity index (χ2v) is 2.69. The third-order valence-electron chi connectivity index (χ3n) is 1.40. The zero-order chi connectivity index (χ0) is 10.6. The van der Waals surface area contributed by atoms with E-state index in [0.29, 0.717) is 4.90 Å². The molecule has 3 nitrogen and oxygen atoms in total. The number of carbonyl (C=O) groups is 1. The van der Waals surface area contributed by atoms with Gasteiger partial charge in [-0.15, -0.1) is 0 Å². The summed E-state index contributed by atoms with van der Waals surface area (Å²) < 4.78 is 35.6. The van der Waals surface area contributed by atoms with Crippen molar-refractivity contribution in [3.63, 3.8) is 0 Å². The van der Waals surface area contributed by atoms with E-state index in [1.165, 1.54) is 13.8 Å². The molecule has 0 spiro atoms. The summed E-state index contributed by atoms with van der Waals surface area (Å²) in [4.78, 5) is 11.2. The van der Waals surface area contributed by atoms with Crippen molar-refractivity contribution >= 4 is 5.91 Å². The normalized spacial score (nSPS) is 14.0. The molecule has 1 N–H and O–H groups in total. The van der Waals surface area contributed by atoms with Gasteiger partial charge in [0, 0.05) is 13.1 Å². The average molecular weight is 199 g/mol. The minimum atomic E-state index is -4.86. The van der Waals surface area contributed by atoms with Gasteiger partial charge in [0.2, 0.25) is 0 Å². The number of carbonyl (C=O) groups excluding carboxylic acids is 1. The van der Waals surface area contributed by atoms with Crippen LogP contribution in [0.3, 0.4) is 0 Å². The van der Waals surface area contributed by atoms with Gasteiger partial charge in [-0.2, -0.15) is 13.2 Å². The second-order valence-electron chi connectivity index (χ2n) is 2.69. The van der Waals surface area contributed by atoms with Crippen molar-refractivity contribution in [3.8, 4) is 0 Å². The molecule has 0 saturated heterocycles. The standard InChI is InChI=1S/C7H12F3NO2/c1-3-11(4-5(2)12)6(13)7(8,9)10/h5,12H,3-4H2,1-2H3/t5-/m0/s1. The predicted molar refractivity (Wildman–Crippen MR) is 40.0 cm³/mol. The Morgan fingerprint density at radius 1 is 1.54 bits per heavy atom. The summed E-state index contributed by atoms with van der Waals surface area (Å²) in [6.45, 7) is 2.39. The Bertz CT molecular complexity index is 179. The molecule has 0 fully saturated rings. The van der Waals surface area contributed by atoms with E-state index in [2.05, 4.69) is 0 Å². The van der Waals surface area contributed by atoms with Crippen LogP contribution in [0, 0.1) is 0 Å². The first-order valence-electron chi connectivity index (χ1n) is 3.83. The van der Waals surface area contributed by atoms with Crippen LogP contribution >= 0.6 is 0 Å². The third kappa shape index (κ3) is 4.12. The van der Waals surface area contributed by atoms with Crippen molar-refractivity contribution in [1.82, 2.24) is 4.90 Å². The van der Waals surface area contributed by atoms with E-state index in [4.69, 9.17) is 5.11 Å². The number of hydrogen-bond donors (Lipinski definition) is 1. The Kier molecular flexibility index (Phi) is 4.19. The van der Waals surface area contributed by atoms with Crippen molar-refractivity contribution < 1.29 is 23.1 Å². The van der Waals surface area contributed by atoms with Gasteiger partial charge in [0.25, 0.3) is 0 Å². The summed E-state index contributed by atoms with van der Waals surface area (Å²) >= 11 is 0. The Morgan fingerprint density at radius 2 is 2.00 bits per heavy atom. The predicted octanol–water partition coefficient (Wildman–Crippen LogP) is 0.778. The summed E-state index contributed by atoms with van der Waals surface area (Å²) in [5.41, 5.74) is 0. The van der Waals surface area contributed by atoms with Crippen molar-refractivity contribution in [2.24, 2.45) is 0 Å². The number of alkyl halides is 3. The van der Waals surface area contributed by atoms with Crippen LogP contribution in [0.5, 0.6) is 0 Å². The Morgan fingerprint density at radius 3 is 2.23 bits per heavy atom. The first-order chi connectivity index (χ1) is 5.79. The smallest absolute Gasteiger partial charge is 0.392 e. The lowest BCUT2D eigenvalue weighted by Gasteiger charge is -2.23. The fourth-order valence-electron chi connectivity index (χ4n) is 0.854. The highest BCUT2D eigenvalue weighted by atomic mass is 19.4. The van der Waals surface area contributed by atoms with Crippen LogP contribution in [0.1, 0.15) is 13.8 Å². The Balaban J connectivity index is 4.33. The second kappa shape index (κ2) is 4.45. The molecule has 0 unspecified atom stereocenters. The molecular formula is C7H12F3NO2. The van der Waals surface area contributed by atoms with Crippen LogP contribution in [0.15, 0.2) is 0 Å². The number of aliphatic hydroxyl groups excluding tert-OH is 1. The van der Waals surface area contributed by atoms with Gasteiger partial charge < -0.3 is 10.0 Å². The van der Waals surface area contributed by atoms with Crippen LogP contribution < -0.4 is 0 Å². The molecule has 0 bridgehead atoms.